The maximum Gasteiger partial charge on any atom is 0.340 e. The Hall–Kier alpha value is -3.87. The number of carbonyl (C=O) groups excluding carboxylic acids is 4. The molecule has 44 heavy (non-hydrogen) atoms. The summed E-state index contributed by atoms with van der Waals surface area (Å²) < 4.78 is 30.2. The fraction of sp³-hybridized carbons (Fsp3) is 0.531. The first-order valence-corrected chi connectivity index (χ1v) is 14.4. The Morgan fingerprint density at radius 3 is 2.20 bits per heavy atom. The summed E-state index contributed by atoms with van der Waals surface area (Å²) >= 11 is 0. The number of ether oxygens (including phenoxy) is 5. The van der Waals surface area contributed by atoms with Crippen LogP contribution >= 0.6 is 0 Å². The normalized spacial score (nSPS) is 35.1. The first-order valence-electron chi connectivity index (χ1n) is 14.4. The lowest BCUT2D eigenvalue weighted by molar-refractivity contribution is -0.361. The quantitative estimate of drug-likeness (QED) is 0.347. The van der Waals surface area contributed by atoms with Crippen molar-refractivity contribution < 1.29 is 53.1 Å². The summed E-state index contributed by atoms with van der Waals surface area (Å²) in [7, 11) is 0. The average molecular weight is 612 g/mol. The van der Waals surface area contributed by atoms with Gasteiger partial charge in [0, 0.05) is 26.2 Å². The maximum atomic E-state index is 13.5. The first kappa shape index (κ1) is 31.6. The van der Waals surface area contributed by atoms with Gasteiger partial charge in [-0.3, -0.25) is 14.6 Å². The van der Waals surface area contributed by atoms with Crippen molar-refractivity contribution >= 4 is 23.9 Å². The number of carbonyl (C=O) groups is 4. The molecule has 3 aliphatic rings. The predicted molar refractivity (Wildman–Crippen MR) is 151 cm³/mol. The van der Waals surface area contributed by atoms with E-state index < -0.39 is 77.1 Å². The van der Waals surface area contributed by atoms with Crippen LogP contribution in [0.5, 0.6) is 0 Å². The number of hydrogen-bond acceptors (Lipinski definition) is 12. The molecule has 0 amide bonds. The summed E-state index contributed by atoms with van der Waals surface area (Å²) in [5.41, 5.74) is -6.57. The minimum Gasteiger partial charge on any atom is -0.465 e. The van der Waals surface area contributed by atoms with Gasteiger partial charge >= 0.3 is 23.9 Å². The van der Waals surface area contributed by atoms with Crippen LogP contribution in [0.3, 0.4) is 0 Å². The summed E-state index contributed by atoms with van der Waals surface area (Å²) in [5, 5.41) is 24.2. The van der Waals surface area contributed by atoms with Gasteiger partial charge in [-0.15, -0.1) is 0 Å². The van der Waals surface area contributed by atoms with Crippen molar-refractivity contribution in [3.05, 3.63) is 66.0 Å². The van der Waals surface area contributed by atoms with E-state index in [2.05, 4.69) is 4.98 Å². The molecule has 1 aromatic carbocycles. The predicted octanol–water partition coefficient (Wildman–Crippen LogP) is 2.40. The molecule has 236 valence electrons. The Morgan fingerprint density at radius 2 is 1.59 bits per heavy atom. The number of aliphatic hydroxyl groups excluding tert-OH is 1. The standard InChI is InChI=1S/C32H37NO11/c1-18(34)40-17-31-23(42-28(38)21-12-9-13-33-16-21)14-22-15-32(31,44-29(22,3)4)30(5,39)25(36)24(26(31)41-19(2)35)43-27(37)20-10-7-6-8-11-20/h6-13,16,22-26,36,39H,14-15,17H2,1-5H3/t22-,23-,24+,25+,26+,30+,31-,32+/m1/s1. The number of esters is 4. The van der Waals surface area contributed by atoms with Gasteiger partial charge in [-0.05, 0) is 63.8 Å². The molecule has 5 rings (SSSR count). The molecule has 1 saturated heterocycles. The lowest BCUT2D eigenvalue weighted by atomic mass is 9.46. The van der Waals surface area contributed by atoms with Gasteiger partial charge < -0.3 is 33.9 Å². The van der Waals surface area contributed by atoms with Crippen LogP contribution in [-0.4, -0.2) is 86.9 Å². The highest BCUT2D eigenvalue weighted by atomic mass is 16.6. The van der Waals surface area contributed by atoms with E-state index in [1.807, 2.05) is 0 Å². The van der Waals surface area contributed by atoms with Gasteiger partial charge in [0.25, 0.3) is 0 Å². The molecule has 12 nitrogen and oxygen atoms in total. The topological polar surface area (TPSA) is 168 Å². The Balaban J connectivity index is 1.73. The number of aromatic nitrogens is 1. The van der Waals surface area contributed by atoms with Crippen LogP contribution in [0.1, 0.15) is 68.2 Å². The van der Waals surface area contributed by atoms with Crippen LogP contribution in [0, 0.1) is 11.3 Å². The second-order valence-corrected chi connectivity index (χ2v) is 12.5. The van der Waals surface area contributed by atoms with E-state index in [0.29, 0.717) is 0 Å². The van der Waals surface area contributed by atoms with Crippen molar-refractivity contribution in [3.8, 4) is 0 Å². The third-order valence-electron chi connectivity index (χ3n) is 9.50. The number of fused-ring (bicyclic) bond motifs is 1. The molecular formula is C32H37NO11. The highest BCUT2D eigenvalue weighted by Gasteiger charge is 2.84. The summed E-state index contributed by atoms with van der Waals surface area (Å²) in [6.45, 7) is 6.67. The second-order valence-electron chi connectivity index (χ2n) is 12.5. The van der Waals surface area contributed by atoms with Crippen molar-refractivity contribution in [2.45, 2.75) is 88.7 Å². The highest BCUT2D eigenvalue weighted by Crippen LogP contribution is 2.68. The zero-order chi connectivity index (χ0) is 32.1. The average Bonchev–Trinajstić information content (AvgIpc) is 3.22. The lowest BCUT2D eigenvalue weighted by Gasteiger charge is -2.65. The number of aliphatic hydroxyl groups is 2. The molecule has 2 bridgehead atoms. The van der Waals surface area contributed by atoms with Crippen molar-refractivity contribution in [1.82, 2.24) is 4.98 Å². The minimum absolute atomic E-state index is 0.114. The van der Waals surface area contributed by atoms with E-state index in [1.54, 1.807) is 38.1 Å². The molecule has 0 radical (unpaired) electrons. The molecular weight excluding hydrogens is 574 g/mol. The Morgan fingerprint density at radius 1 is 0.932 bits per heavy atom. The monoisotopic (exact) mass is 611 g/mol. The van der Waals surface area contributed by atoms with Crippen molar-refractivity contribution in [1.29, 1.82) is 0 Å². The van der Waals surface area contributed by atoms with Crippen molar-refractivity contribution in [3.63, 3.8) is 0 Å². The number of nitrogens with zero attached hydrogens (tertiary/aromatic N) is 1. The van der Waals surface area contributed by atoms with Crippen molar-refractivity contribution in [2.24, 2.45) is 11.3 Å². The number of rotatable bonds is 7. The molecule has 8 atom stereocenters. The van der Waals surface area contributed by atoms with Crippen LogP contribution in [0.15, 0.2) is 54.9 Å². The van der Waals surface area contributed by atoms with E-state index >= 15 is 0 Å². The van der Waals surface area contributed by atoms with E-state index in [1.165, 1.54) is 44.4 Å². The summed E-state index contributed by atoms with van der Waals surface area (Å²) in [6, 6.07) is 11.0. The summed E-state index contributed by atoms with van der Waals surface area (Å²) in [5.74, 6) is -3.49. The second kappa shape index (κ2) is 11.2. The van der Waals surface area contributed by atoms with Gasteiger partial charge in [-0.1, -0.05) is 18.2 Å². The van der Waals surface area contributed by atoms with Gasteiger partial charge in [0.1, 0.15) is 35.4 Å². The number of hydrogen-bond donors (Lipinski definition) is 2. The van der Waals surface area contributed by atoms with Crippen LogP contribution in [0.25, 0.3) is 0 Å². The van der Waals surface area contributed by atoms with Gasteiger partial charge in [0.15, 0.2) is 12.2 Å². The molecule has 12 heteroatoms. The van der Waals surface area contributed by atoms with Crippen LogP contribution < -0.4 is 0 Å². The molecule has 1 aliphatic heterocycles. The smallest absolute Gasteiger partial charge is 0.340 e. The first-order chi connectivity index (χ1) is 20.7. The van der Waals surface area contributed by atoms with Gasteiger partial charge in [0.05, 0.1) is 16.7 Å². The van der Waals surface area contributed by atoms with Gasteiger partial charge in [-0.25, -0.2) is 9.59 Å². The van der Waals surface area contributed by atoms with Gasteiger partial charge in [0.2, 0.25) is 0 Å². The molecule has 1 spiro atoms. The van der Waals surface area contributed by atoms with Crippen molar-refractivity contribution in [2.75, 3.05) is 6.61 Å². The Bertz CT molecular complexity index is 1430. The fourth-order valence-corrected chi connectivity index (χ4v) is 7.35. The third-order valence-corrected chi connectivity index (χ3v) is 9.50. The highest BCUT2D eigenvalue weighted by molar-refractivity contribution is 5.90. The lowest BCUT2D eigenvalue weighted by Crippen LogP contribution is -2.84. The third kappa shape index (κ3) is 4.94. The molecule has 3 fully saturated rings. The van der Waals surface area contributed by atoms with Crippen LogP contribution in [0.2, 0.25) is 0 Å². The van der Waals surface area contributed by atoms with Gasteiger partial charge in [-0.2, -0.15) is 0 Å². The molecule has 2 aromatic rings. The molecule has 2 aliphatic carbocycles. The van der Waals surface area contributed by atoms with E-state index in [-0.39, 0.29) is 29.9 Å². The SMILES string of the molecule is CC(=O)OC[C@]12[C@H](OC(=O)c3cccnc3)C[C@@H]3C[C@]1(OC3(C)C)[C@@](C)(O)[C@@H](O)[C@H](OC(=O)c1ccccc1)[C@@H]2OC(C)=O. The molecule has 1 aromatic heterocycles. The molecule has 0 unspecified atom stereocenters. The Kier molecular flexibility index (Phi) is 8.06. The molecule has 2 N–H and O–H groups in total. The van der Waals surface area contributed by atoms with Crippen LogP contribution in [0.4, 0.5) is 0 Å². The summed E-state index contributed by atoms with van der Waals surface area (Å²) in [4.78, 5) is 56.0. The maximum absolute atomic E-state index is 13.5. The number of benzene rings is 1. The number of pyridine rings is 1. The minimum atomic E-state index is -2.21. The van der Waals surface area contributed by atoms with E-state index in [9.17, 15) is 29.4 Å². The van der Waals surface area contributed by atoms with E-state index in [4.69, 9.17) is 23.7 Å². The Labute approximate surface area is 254 Å². The molecule has 2 saturated carbocycles. The fourth-order valence-electron chi connectivity index (χ4n) is 7.35. The van der Waals surface area contributed by atoms with E-state index in [0.717, 1.165) is 6.92 Å². The molecule has 2 heterocycles. The van der Waals surface area contributed by atoms with Crippen LogP contribution in [-0.2, 0) is 33.3 Å². The summed E-state index contributed by atoms with van der Waals surface area (Å²) in [6.07, 6.45) is -3.32. The largest absolute Gasteiger partial charge is 0.465 e. The zero-order valence-electron chi connectivity index (χ0n) is 25.2. The zero-order valence-corrected chi connectivity index (χ0v) is 25.2.